The van der Waals surface area contributed by atoms with E-state index in [1.54, 1.807) is 0 Å². The number of carbonyl (C=O) groups is 1. The molecule has 1 N–H and O–H groups in total. The van der Waals surface area contributed by atoms with Crippen molar-refractivity contribution >= 4 is 17.5 Å². The minimum absolute atomic E-state index is 0.00229. The molecular formula is C12H11ClF3NO. The average molecular weight is 278 g/mol. The molecule has 0 aliphatic rings. The fraction of sp³-hybridized carbons (Fsp3) is 0.250. The van der Waals surface area contributed by atoms with Crippen LogP contribution in [-0.4, -0.2) is 12.5 Å². The molecule has 0 heterocycles. The summed E-state index contributed by atoms with van der Waals surface area (Å²) in [5, 5.41) is 2.77. The molecule has 0 spiro atoms. The molecule has 0 aliphatic carbocycles. The van der Waals surface area contributed by atoms with Crippen LogP contribution in [0.3, 0.4) is 0 Å². The predicted molar refractivity (Wildman–Crippen MR) is 63.2 cm³/mol. The highest BCUT2D eigenvalue weighted by molar-refractivity contribution is 6.29. The van der Waals surface area contributed by atoms with Crippen molar-refractivity contribution in [2.75, 3.05) is 6.54 Å². The summed E-state index contributed by atoms with van der Waals surface area (Å²) in [6, 6.07) is 4.45. The van der Waals surface area contributed by atoms with Crippen LogP contribution in [-0.2, 0) is 17.4 Å². The standard InChI is InChI=1S/C12H11ClF3NO/c1-8(13)7-17-11(18)6-9-2-4-10(5-3-9)12(14,15)16/h2-5H,1,6-7H2,(H,17,18). The lowest BCUT2D eigenvalue weighted by molar-refractivity contribution is -0.137. The molecule has 0 aliphatic heterocycles. The van der Waals surface area contributed by atoms with E-state index in [1.807, 2.05) is 0 Å². The molecule has 0 saturated heterocycles. The van der Waals surface area contributed by atoms with Gasteiger partial charge in [0.25, 0.3) is 0 Å². The van der Waals surface area contributed by atoms with Crippen LogP contribution in [0.1, 0.15) is 11.1 Å². The Morgan fingerprint density at radius 1 is 1.28 bits per heavy atom. The van der Waals surface area contributed by atoms with Gasteiger partial charge in [0.05, 0.1) is 18.5 Å². The number of benzene rings is 1. The Labute approximate surface area is 107 Å². The van der Waals surface area contributed by atoms with Crippen LogP contribution < -0.4 is 5.32 Å². The molecule has 0 saturated carbocycles. The fourth-order valence-corrected chi connectivity index (χ4v) is 1.32. The van der Waals surface area contributed by atoms with Gasteiger partial charge in [-0.05, 0) is 17.7 Å². The van der Waals surface area contributed by atoms with Crippen molar-refractivity contribution in [2.45, 2.75) is 12.6 Å². The van der Waals surface area contributed by atoms with Crippen molar-refractivity contribution in [3.05, 3.63) is 47.0 Å². The normalized spacial score (nSPS) is 11.1. The summed E-state index contributed by atoms with van der Waals surface area (Å²) < 4.78 is 36.9. The Balaban J connectivity index is 2.59. The second-order valence-electron chi connectivity index (χ2n) is 3.67. The lowest BCUT2D eigenvalue weighted by Crippen LogP contribution is -2.26. The lowest BCUT2D eigenvalue weighted by atomic mass is 10.1. The maximum absolute atomic E-state index is 12.3. The zero-order valence-corrected chi connectivity index (χ0v) is 10.1. The monoisotopic (exact) mass is 277 g/mol. The van der Waals surface area contributed by atoms with Gasteiger partial charge in [-0.2, -0.15) is 13.2 Å². The first-order valence-corrected chi connectivity index (χ1v) is 5.43. The molecule has 0 radical (unpaired) electrons. The van der Waals surface area contributed by atoms with Crippen molar-refractivity contribution in [3.63, 3.8) is 0 Å². The summed E-state index contributed by atoms with van der Waals surface area (Å²) in [6.45, 7) is 3.54. The smallest absolute Gasteiger partial charge is 0.351 e. The second-order valence-corrected chi connectivity index (χ2v) is 4.20. The van der Waals surface area contributed by atoms with Crippen molar-refractivity contribution in [1.82, 2.24) is 5.32 Å². The molecule has 0 atom stereocenters. The van der Waals surface area contributed by atoms with Gasteiger partial charge in [-0.1, -0.05) is 30.3 Å². The first kappa shape index (κ1) is 14.6. The van der Waals surface area contributed by atoms with Gasteiger partial charge in [-0.25, -0.2) is 0 Å². The highest BCUT2D eigenvalue weighted by Crippen LogP contribution is 2.29. The second kappa shape index (κ2) is 5.91. The Bertz CT molecular complexity index is 440. The first-order valence-electron chi connectivity index (χ1n) is 5.05. The van der Waals surface area contributed by atoms with E-state index >= 15 is 0 Å². The topological polar surface area (TPSA) is 29.1 Å². The molecule has 6 heteroatoms. The highest BCUT2D eigenvalue weighted by Gasteiger charge is 2.29. The van der Waals surface area contributed by atoms with E-state index in [0.29, 0.717) is 5.56 Å². The van der Waals surface area contributed by atoms with Crippen LogP contribution in [0.25, 0.3) is 0 Å². The van der Waals surface area contributed by atoms with E-state index in [4.69, 9.17) is 11.6 Å². The molecule has 98 valence electrons. The van der Waals surface area contributed by atoms with Crippen LogP contribution >= 0.6 is 11.6 Å². The third-order valence-electron chi connectivity index (χ3n) is 2.12. The van der Waals surface area contributed by atoms with Gasteiger partial charge < -0.3 is 5.32 Å². The number of rotatable bonds is 4. The van der Waals surface area contributed by atoms with Crippen LogP contribution in [0.15, 0.2) is 35.9 Å². The average Bonchev–Trinajstić information content (AvgIpc) is 2.26. The minimum Gasteiger partial charge on any atom is -0.351 e. The molecule has 0 aromatic heterocycles. The SMILES string of the molecule is C=C(Cl)CNC(=O)Cc1ccc(C(F)(F)F)cc1. The molecule has 0 unspecified atom stereocenters. The van der Waals surface area contributed by atoms with Gasteiger partial charge >= 0.3 is 6.18 Å². The van der Waals surface area contributed by atoms with Crippen LogP contribution in [0.5, 0.6) is 0 Å². The van der Waals surface area contributed by atoms with E-state index in [9.17, 15) is 18.0 Å². The van der Waals surface area contributed by atoms with E-state index < -0.39 is 11.7 Å². The summed E-state index contributed by atoms with van der Waals surface area (Å²) >= 11 is 5.46. The zero-order chi connectivity index (χ0) is 13.8. The van der Waals surface area contributed by atoms with E-state index in [0.717, 1.165) is 12.1 Å². The zero-order valence-electron chi connectivity index (χ0n) is 9.35. The Morgan fingerprint density at radius 2 is 1.83 bits per heavy atom. The van der Waals surface area contributed by atoms with Crippen molar-refractivity contribution < 1.29 is 18.0 Å². The van der Waals surface area contributed by atoms with E-state index in [1.165, 1.54) is 12.1 Å². The minimum atomic E-state index is -4.36. The first-order chi connectivity index (χ1) is 8.29. The highest BCUT2D eigenvalue weighted by atomic mass is 35.5. The van der Waals surface area contributed by atoms with Gasteiger partial charge in [0.2, 0.25) is 5.91 Å². The van der Waals surface area contributed by atoms with Gasteiger partial charge in [0, 0.05) is 5.03 Å². The Kier molecular flexibility index (Phi) is 4.78. The quantitative estimate of drug-likeness (QED) is 0.900. The molecule has 18 heavy (non-hydrogen) atoms. The number of hydrogen-bond donors (Lipinski definition) is 1. The van der Waals surface area contributed by atoms with Gasteiger partial charge in [-0.15, -0.1) is 0 Å². The molecule has 0 bridgehead atoms. The molecule has 1 aromatic rings. The van der Waals surface area contributed by atoms with Crippen molar-refractivity contribution in [1.29, 1.82) is 0 Å². The van der Waals surface area contributed by atoms with Crippen molar-refractivity contribution in [2.24, 2.45) is 0 Å². The molecular weight excluding hydrogens is 267 g/mol. The Morgan fingerprint density at radius 3 is 2.28 bits per heavy atom. The predicted octanol–water partition coefficient (Wildman–Crippen LogP) is 3.12. The van der Waals surface area contributed by atoms with E-state index in [2.05, 4.69) is 11.9 Å². The van der Waals surface area contributed by atoms with Crippen molar-refractivity contribution in [3.8, 4) is 0 Å². The third-order valence-corrected chi connectivity index (χ3v) is 2.26. The number of nitrogens with one attached hydrogen (secondary N) is 1. The third kappa shape index (κ3) is 4.79. The number of carbonyl (C=O) groups excluding carboxylic acids is 1. The number of amides is 1. The maximum atomic E-state index is 12.3. The molecule has 0 fully saturated rings. The van der Waals surface area contributed by atoms with Gasteiger partial charge in [0.1, 0.15) is 0 Å². The number of halogens is 4. The fourth-order valence-electron chi connectivity index (χ4n) is 1.25. The van der Waals surface area contributed by atoms with Crippen LogP contribution in [0.2, 0.25) is 0 Å². The molecule has 2 nitrogen and oxygen atoms in total. The molecule has 1 rings (SSSR count). The van der Waals surface area contributed by atoms with Crippen LogP contribution in [0, 0.1) is 0 Å². The van der Waals surface area contributed by atoms with Gasteiger partial charge in [0.15, 0.2) is 0 Å². The van der Waals surface area contributed by atoms with Gasteiger partial charge in [-0.3, -0.25) is 4.79 Å². The molecule has 1 aromatic carbocycles. The largest absolute Gasteiger partial charge is 0.416 e. The summed E-state index contributed by atoms with van der Waals surface area (Å²) in [5.74, 6) is -0.323. The lowest BCUT2D eigenvalue weighted by Gasteiger charge is -2.08. The van der Waals surface area contributed by atoms with Crippen LogP contribution in [0.4, 0.5) is 13.2 Å². The maximum Gasteiger partial charge on any atom is 0.416 e. The molecule has 1 amide bonds. The van der Waals surface area contributed by atoms with E-state index in [-0.39, 0.29) is 23.9 Å². The number of alkyl halides is 3. The number of hydrogen-bond acceptors (Lipinski definition) is 1. The summed E-state index contributed by atoms with van der Waals surface area (Å²) in [7, 11) is 0. The summed E-state index contributed by atoms with van der Waals surface area (Å²) in [4.78, 5) is 11.4. The summed E-state index contributed by atoms with van der Waals surface area (Å²) in [5.41, 5.74) is -0.235. The Hall–Kier alpha value is -1.49. The summed E-state index contributed by atoms with van der Waals surface area (Å²) in [6.07, 6.45) is -4.36.